The Morgan fingerprint density at radius 2 is 1.89 bits per heavy atom. The Bertz CT molecular complexity index is 417. The van der Waals surface area contributed by atoms with Crippen LogP contribution in [0.4, 0.5) is 4.39 Å². The van der Waals surface area contributed by atoms with Crippen molar-refractivity contribution in [2.75, 3.05) is 20.3 Å². The van der Waals surface area contributed by atoms with Gasteiger partial charge in [-0.1, -0.05) is 0 Å². The lowest BCUT2D eigenvalue weighted by atomic mass is 10.1. The third-order valence-corrected chi connectivity index (χ3v) is 2.60. The van der Waals surface area contributed by atoms with Crippen LogP contribution in [0, 0.1) is 5.82 Å². The number of ether oxygens (including phenoxy) is 1. The monoisotopic (exact) mass is 267 g/mol. The number of benzene rings is 1. The Kier molecular flexibility index (Phi) is 6.74. The predicted molar refractivity (Wildman–Crippen MR) is 69.5 cm³/mol. The van der Waals surface area contributed by atoms with E-state index in [1.165, 1.54) is 24.3 Å². The maximum Gasteiger partial charge on any atom is 0.220 e. The lowest BCUT2D eigenvalue weighted by molar-refractivity contribution is -0.121. The lowest BCUT2D eigenvalue weighted by Gasteiger charge is -2.04. The standard InChI is InChI=1S/C14H18FNO3/c1-19-10-9-16-14(18)4-2-3-13(17)11-5-7-12(15)8-6-11/h5-8H,2-4,9-10H2,1H3,(H,16,18). The molecule has 1 amide bonds. The molecule has 4 nitrogen and oxygen atoms in total. The predicted octanol–water partition coefficient (Wildman–Crippen LogP) is 1.94. The van der Waals surface area contributed by atoms with Gasteiger partial charge in [0.2, 0.25) is 5.91 Å². The number of halogens is 1. The molecule has 0 saturated carbocycles. The zero-order valence-electron chi connectivity index (χ0n) is 10.9. The molecule has 0 unspecified atom stereocenters. The summed E-state index contributed by atoms with van der Waals surface area (Å²) in [6.07, 6.45) is 1.06. The summed E-state index contributed by atoms with van der Waals surface area (Å²) in [7, 11) is 1.56. The minimum Gasteiger partial charge on any atom is -0.383 e. The van der Waals surface area contributed by atoms with E-state index in [2.05, 4.69) is 5.32 Å². The van der Waals surface area contributed by atoms with Crippen molar-refractivity contribution in [2.45, 2.75) is 19.3 Å². The molecule has 0 saturated heterocycles. The van der Waals surface area contributed by atoms with Gasteiger partial charge in [-0.25, -0.2) is 4.39 Å². The Morgan fingerprint density at radius 1 is 1.21 bits per heavy atom. The Balaban J connectivity index is 2.23. The van der Waals surface area contributed by atoms with E-state index >= 15 is 0 Å². The number of rotatable bonds is 8. The van der Waals surface area contributed by atoms with Gasteiger partial charge in [-0.3, -0.25) is 9.59 Å². The molecule has 5 heteroatoms. The van der Waals surface area contributed by atoms with Crippen molar-refractivity contribution in [3.05, 3.63) is 35.6 Å². The van der Waals surface area contributed by atoms with Gasteiger partial charge in [0, 0.05) is 32.1 Å². The largest absolute Gasteiger partial charge is 0.383 e. The topological polar surface area (TPSA) is 55.4 Å². The highest BCUT2D eigenvalue weighted by Gasteiger charge is 2.07. The first kappa shape index (κ1) is 15.3. The van der Waals surface area contributed by atoms with E-state index in [0.717, 1.165) is 0 Å². The van der Waals surface area contributed by atoms with Crippen molar-refractivity contribution in [3.63, 3.8) is 0 Å². The fourth-order valence-electron chi connectivity index (χ4n) is 1.57. The normalized spacial score (nSPS) is 10.2. The molecule has 1 aromatic carbocycles. The second kappa shape index (κ2) is 8.37. The van der Waals surface area contributed by atoms with Gasteiger partial charge in [-0.15, -0.1) is 0 Å². The highest BCUT2D eigenvalue weighted by Crippen LogP contribution is 2.08. The first-order valence-electron chi connectivity index (χ1n) is 6.18. The Morgan fingerprint density at radius 3 is 2.53 bits per heavy atom. The van der Waals surface area contributed by atoms with Gasteiger partial charge in [0.1, 0.15) is 5.82 Å². The number of hydrogen-bond donors (Lipinski definition) is 1. The molecule has 0 atom stereocenters. The zero-order valence-corrected chi connectivity index (χ0v) is 10.9. The molecular weight excluding hydrogens is 249 g/mol. The molecule has 0 aliphatic heterocycles. The number of ketones is 1. The Labute approximate surface area is 112 Å². The summed E-state index contributed by atoms with van der Waals surface area (Å²) in [6.45, 7) is 0.946. The van der Waals surface area contributed by atoms with E-state index in [4.69, 9.17) is 4.74 Å². The van der Waals surface area contributed by atoms with Crippen LogP contribution < -0.4 is 5.32 Å². The van der Waals surface area contributed by atoms with Gasteiger partial charge in [-0.05, 0) is 30.7 Å². The summed E-state index contributed by atoms with van der Waals surface area (Å²) in [4.78, 5) is 23.1. The highest BCUT2D eigenvalue weighted by molar-refractivity contribution is 5.96. The van der Waals surface area contributed by atoms with Crippen LogP contribution >= 0.6 is 0 Å². The number of methoxy groups -OCH3 is 1. The molecule has 0 heterocycles. The van der Waals surface area contributed by atoms with Gasteiger partial charge in [0.25, 0.3) is 0 Å². The third kappa shape index (κ3) is 6.10. The summed E-state index contributed by atoms with van der Waals surface area (Å²) in [6, 6.07) is 5.42. The third-order valence-electron chi connectivity index (χ3n) is 2.60. The molecule has 0 aliphatic carbocycles. The van der Waals surface area contributed by atoms with Gasteiger partial charge >= 0.3 is 0 Å². The number of nitrogens with one attached hydrogen (secondary N) is 1. The van der Waals surface area contributed by atoms with Crippen molar-refractivity contribution in [2.24, 2.45) is 0 Å². The van der Waals surface area contributed by atoms with Crippen molar-refractivity contribution < 1.29 is 18.7 Å². The highest BCUT2D eigenvalue weighted by atomic mass is 19.1. The fourth-order valence-corrected chi connectivity index (χ4v) is 1.57. The van der Waals surface area contributed by atoms with Crippen molar-refractivity contribution in [1.82, 2.24) is 5.32 Å². The van der Waals surface area contributed by atoms with Crippen molar-refractivity contribution >= 4 is 11.7 Å². The van der Waals surface area contributed by atoms with Crippen LogP contribution in [-0.2, 0) is 9.53 Å². The summed E-state index contributed by atoms with van der Waals surface area (Å²) in [5.41, 5.74) is 0.473. The maximum atomic E-state index is 12.7. The smallest absolute Gasteiger partial charge is 0.220 e. The van der Waals surface area contributed by atoms with Crippen molar-refractivity contribution in [1.29, 1.82) is 0 Å². The first-order valence-corrected chi connectivity index (χ1v) is 6.18. The van der Waals surface area contributed by atoms with Gasteiger partial charge in [-0.2, -0.15) is 0 Å². The summed E-state index contributed by atoms with van der Waals surface area (Å²) in [5, 5.41) is 2.68. The van der Waals surface area contributed by atoms with Crippen LogP contribution in [0.5, 0.6) is 0 Å². The van der Waals surface area contributed by atoms with E-state index in [0.29, 0.717) is 31.6 Å². The summed E-state index contributed by atoms with van der Waals surface area (Å²) in [5.74, 6) is -0.539. The zero-order chi connectivity index (χ0) is 14.1. The molecular formula is C14H18FNO3. The van der Waals surface area contributed by atoms with E-state index in [1.807, 2.05) is 0 Å². The molecule has 104 valence electrons. The molecule has 0 aromatic heterocycles. The molecule has 0 spiro atoms. The van der Waals surface area contributed by atoms with Crippen molar-refractivity contribution in [3.8, 4) is 0 Å². The van der Waals surface area contributed by atoms with Crippen LogP contribution in [0.3, 0.4) is 0 Å². The van der Waals surface area contributed by atoms with E-state index in [1.54, 1.807) is 7.11 Å². The fraction of sp³-hybridized carbons (Fsp3) is 0.429. The van der Waals surface area contributed by atoms with E-state index < -0.39 is 0 Å². The molecule has 0 radical (unpaired) electrons. The molecule has 1 rings (SSSR count). The van der Waals surface area contributed by atoms with Gasteiger partial charge in [0.15, 0.2) is 5.78 Å². The van der Waals surface area contributed by atoms with Crippen LogP contribution in [-0.4, -0.2) is 32.0 Å². The van der Waals surface area contributed by atoms with Crippen LogP contribution in [0.2, 0.25) is 0 Å². The maximum absolute atomic E-state index is 12.7. The second-order valence-electron chi connectivity index (χ2n) is 4.13. The number of amides is 1. The number of carbonyl (C=O) groups excluding carboxylic acids is 2. The molecule has 19 heavy (non-hydrogen) atoms. The summed E-state index contributed by atoms with van der Waals surface area (Å²) >= 11 is 0. The molecule has 1 aromatic rings. The molecule has 0 aliphatic rings. The van der Waals surface area contributed by atoms with Crippen LogP contribution in [0.25, 0.3) is 0 Å². The van der Waals surface area contributed by atoms with Crippen LogP contribution in [0.15, 0.2) is 24.3 Å². The van der Waals surface area contributed by atoms with Gasteiger partial charge < -0.3 is 10.1 Å². The lowest BCUT2D eigenvalue weighted by Crippen LogP contribution is -2.26. The molecule has 0 bridgehead atoms. The first-order chi connectivity index (χ1) is 9.13. The Hall–Kier alpha value is -1.75. The minimum atomic E-state index is -0.367. The molecule has 1 N–H and O–H groups in total. The second-order valence-corrected chi connectivity index (χ2v) is 4.13. The van der Waals surface area contributed by atoms with E-state index in [9.17, 15) is 14.0 Å². The SMILES string of the molecule is COCCNC(=O)CCCC(=O)c1ccc(F)cc1. The summed E-state index contributed by atoms with van der Waals surface area (Å²) < 4.78 is 17.5. The average Bonchev–Trinajstić information content (AvgIpc) is 2.39. The number of hydrogen-bond acceptors (Lipinski definition) is 3. The minimum absolute atomic E-state index is 0.0790. The number of carbonyl (C=O) groups is 2. The number of Topliss-reactive ketones (excluding diaryl/α,β-unsaturated/α-hetero) is 1. The van der Waals surface area contributed by atoms with E-state index in [-0.39, 0.29) is 23.9 Å². The quantitative estimate of drug-likeness (QED) is 0.578. The van der Waals surface area contributed by atoms with Crippen LogP contribution in [0.1, 0.15) is 29.6 Å². The van der Waals surface area contributed by atoms with Gasteiger partial charge in [0.05, 0.1) is 6.61 Å². The molecule has 0 fully saturated rings. The average molecular weight is 267 g/mol.